The monoisotopic (exact) mass is 406 g/mol. The third kappa shape index (κ3) is 4.01. The maximum Gasteiger partial charge on any atom is 0.293 e. The van der Waals surface area contributed by atoms with Gasteiger partial charge in [-0.1, -0.05) is 24.3 Å². The number of hydrogen-bond donors (Lipinski definition) is 0. The van der Waals surface area contributed by atoms with Crippen LogP contribution in [0.2, 0.25) is 0 Å². The summed E-state index contributed by atoms with van der Waals surface area (Å²) in [7, 11) is 0. The van der Waals surface area contributed by atoms with Crippen LogP contribution in [-0.2, 0) is 11.3 Å². The molecule has 3 aromatic rings. The highest BCUT2D eigenvalue weighted by Gasteiger charge is 2.24. The average molecular weight is 406 g/mol. The van der Waals surface area contributed by atoms with Crippen LogP contribution in [0.15, 0.2) is 53.3 Å². The molecule has 0 saturated carbocycles. The molecule has 1 saturated heterocycles. The Balaban J connectivity index is 1.42. The predicted octanol–water partition coefficient (Wildman–Crippen LogP) is 2.45. The molecule has 0 bridgehead atoms. The van der Waals surface area contributed by atoms with Crippen molar-refractivity contribution in [2.24, 2.45) is 0 Å². The molecule has 1 amide bonds. The summed E-state index contributed by atoms with van der Waals surface area (Å²) < 4.78 is 7.40. The number of rotatable bonds is 5. The molecule has 4 rings (SSSR count). The molecule has 0 atom stereocenters. The fraction of sp³-hybridized carbons (Fsp3) is 0.348. The van der Waals surface area contributed by atoms with Gasteiger partial charge >= 0.3 is 0 Å². The van der Waals surface area contributed by atoms with Gasteiger partial charge in [0, 0.05) is 32.7 Å². The second-order valence-electron chi connectivity index (χ2n) is 7.45. The Labute approximate surface area is 175 Å². The molecule has 1 aliphatic heterocycles. The van der Waals surface area contributed by atoms with E-state index in [1.807, 2.05) is 67.3 Å². The summed E-state index contributed by atoms with van der Waals surface area (Å²) in [5, 5.41) is 0. The first-order chi connectivity index (χ1) is 14.6. The van der Waals surface area contributed by atoms with Crippen LogP contribution >= 0.6 is 0 Å². The van der Waals surface area contributed by atoms with Crippen LogP contribution in [0.5, 0.6) is 5.75 Å². The van der Waals surface area contributed by atoms with Gasteiger partial charge in [-0.15, -0.1) is 0 Å². The van der Waals surface area contributed by atoms with E-state index in [0.29, 0.717) is 44.3 Å². The van der Waals surface area contributed by atoms with E-state index in [1.54, 1.807) is 9.47 Å². The number of amides is 1. The minimum atomic E-state index is -0.0845. The number of para-hydroxylation sites is 2. The molecule has 2 heterocycles. The predicted molar refractivity (Wildman–Crippen MR) is 117 cm³/mol. The number of nitrogens with zero attached hydrogens (tertiary/aromatic N) is 4. The van der Waals surface area contributed by atoms with Gasteiger partial charge in [0.05, 0.1) is 11.0 Å². The van der Waals surface area contributed by atoms with Gasteiger partial charge in [0.2, 0.25) is 0 Å². The van der Waals surface area contributed by atoms with Crippen LogP contribution in [0.1, 0.15) is 12.5 Å². The number of carbonyl (C=O) groups excluding carboxylic acids is 1. The summed E-state index contributed by atoms with van der Waals surface area (Å²) in [6, 6.07) is 15.3. The first kappa shape index (κ1) is 19.9. The lowest BCUT2D eigenvalue weighted by atomic mass is 10.2. The summed E-state index contributed by atoms with van der Waals surface area (Å²) in [4.78, 5) is 33.9. The lowest BCUT2D eigenvalue weighted by Gasteiger charge is -2.35. The summed E-state index contributed by atoms with van der Waals surface area (Å²) >= 11 is 0. The van der Waals surface area contributed by atoms with Gasteiger partial charge in [0.25, 0.3) is 11.5 Å². The summed E-state index contributed by atoms with van der Waals surface area (Å²) in [5.41, 5.74) is 2.66. The number of aromatic nitrogens is 2. The topological polar surface area (TPSA) is 67.7 Å². The Morgan fingerprint density at radius 2 is 1.83 bits per heavy atom. The van der Waals surface area contributed by atoms with Crippen LogP contribution in [0.4, 0.5) is 5.82 Å². The van der Waals surface area contributed by atoms with E-state index >= 15 is 0 Å². The van der Waals surface area contributed by atoms with E-state index < -0.39 is 0 Å². The van der Waals surface area contributed by atoms with Gasteiger partial charge in [0.15, 0.2) is 12.4 Å². The zero-order valence-corrected chi connectivity index (χ0v) is 17.4. The Morgan fingerprint density at radius 1 is 1.07 bits per heavy atom. The molecule has 0 spiro atoms. The van der Waals surface area contributed by atoms with Crippen LogP contribution in [-0.4, -0.2) is 53.1 Å². The SMILES string of the molecule is CCn1c(=O)c(N2CCN(C(=O)COc3cccc(C)c3)CC2)nc2ccccc21. The van der Waals surface area contributed by atoms with Gasteiger partial charge < -0.3 is 19.1 Å². The van der Waals surface area contributed by atoms with E-state index in [9.17, 15) is 9.59 Å². The number of hydrogen-bond acceptors (Lipinski definition) is 5. The number of aryl methyl sites for hydroxylation is 2. The molecular formula is C23H26N4O3. The Kier molecular flexibility index (Phi) is 5.70. The molecule has 0 radical (unpaired) electrons. The lowest BCUT2D eigenvalue weighted by Crippen LogP contribution is -2.51. The fourth-order valence-electron chi connectivity index (χ4n) is 3.81. The van der Waals surface area contributed by atoms with Crippen molar-refractivity contribution in [2.75, 3.05) is 37.7 Å². The van der Waals surface area contributed by atoms with Crippen molar-refractivity contribution in [3.05, 3.63) is 64.4 Å². The van der Waals surface area contributed by atoms with Gasteiger partial charge in [-0.2, -0.15) is 0 Å². The van der Waals surface area contributed by atoms with Gasteiger partial charge in [-0.3, -0.25) is 9.59 Å². The van der Waals surface area contributed by atoms with Crippen LogP contribution in [0, 0.1) is 6.92 Å². The molecule has 7 nitrogen and oxygen atoms in total. The smallest absolute Gasteiger partial charge is 0.293 e. The molecule has 7 heteroatoms. The first-order valence-electron chi connectivity index (χ1n) is 10.3. The van der Waals surface area contributed by atoms with Gasteiger partial charge in [-0.25, -0.2) is 4.98 Å². The van der Waals surface area contributed by atoms with Crippen molar-refractivity contribution in [1.29, 1.82) is 0 Å². The highest BCUT2D eigenvalue weighted by Crippen LogP contribution is 2.17. The minimum Gasteiger partial charge on any atom is -0.484 e. The number of benzene rings is 2. The van der Waals surface area contributed by atoms with E-state index in [0.717, 1.165) is 16.6 Å². The summed E-state index contributed by atoms with van der Waals surface area (Å²) in [6.45, 7) is 6.76. The Hall–Kier alpha value is -3.35. The van der Waals surface area contributed by atoms with Crippen molar-refractivity contribution in [2.45, 2.75) is 20.4 Å². The highest BCUT2D eigenvalue weighted by atomic mass is 16.5. The molecule has 0 N–H and O–H groups in total. The summed E-state index contributed by atoms with van der Waals surface area (Å²) in [6.07, 6.45) is 0. The van der Waals surface area contributed by atoms with Crippen molar-refractivity contribution in [3.8, 4) is 5.75 Å². The van der Waals surface area contributed by atoms with Crippen molar-refractivity contribution < 1.29 is 9.53 Å². The third-order valence-corrected chi connectivity index (χ3v) is 5.44. The number of piperazine rings is 1. The number of ether oxygens (including phenoxy) is 1. The number of anilines is 1. The van der Waals surface area contributed by atoms with Gasteiger partial charge in [0.1, 0.15) is 5.75 Å². The van der Waals surface area contributed by atoms with Crippen LogP contribution in [0.3, 0.4) is 0 Å². The fourth-order valence-corrected chi connectivity index (χ4v) is 3.81. The molecular weight excluding hydrogens is 380 g/mol. The molecule has 0 aliphatic carbocycles. The molecule has 1 aromatic heterocycles. The molecule has 2 aromatic carbocycles. The standard InChI is InChI=1S/C23H26N4O3/c1-3-27-20-10-5-4-9-19(20)24-22(23(27)29)26-13-11-25(12-14-26)21(28)16-30-18-8-6-7-17(2)15-18/h4-10,15H,3,11-14,16H2,1-2H3. The second-order valence-corrected chi connectivity index (χ2v) is 7.45. The van der Waals surface area contributed by atoms with Crippen molar-refractivity contribution in [1.82, 2.24) is 14.5 Å². The van der Waals surface area contributed by atoms with Crippen molar-refractivity contribution >= 4 is 22.8 Å². The van der Waals surface area contributed by atoms with Gasteiger partial charge in [-0.05, 0) is 43.7 Å². The van der Waals surface area contributed by atoms with E-state index in [4.69, 9.17) is 4.74 Å². The molecule has 1 aliphatic rings. The van der Waals surface area contributed by atoms with E-state index in [1.165, 1.54) is 0 Å². The largest absolute Gasteiger partial charge is 0.484 e. The molecule has 156 valence electrons. The van der Waals surface area contributed by atoms with Crippen LogP contribution < -0.4 is 15.2 Å². The maximum atomic E-state index is 13.0. The lowest BCUT2D eigenvalue weighted by molar-refractivity contribution is -0.133. The zero-order valence-electron chi connectivity index (χ0n) is 17.4. The summed E-state index contributed by atoms with van der Waals surface area (Å²) in [5.74, 6) is 1.11. The van der Waals surface area contributed by atoms with E-state index in [2.05, 4.69) is 4.98 Å². The zero-order chi connectivity index (χ0) is 21.1. The van der Waals surface area contributed by atoms with Crippen molar-refractivity contribution in [3.63, 3.8) is 0 Å². The molecule has 0 unspecified atom stereocenters. The Morgan fingerprint density at radius 3 is 2.57 bits per heavy atom. The molecule has 30 heavy (non-hydrogen) atoms. The normalized spacial score (nSPS) is 14.2. The van der Waals surface area contributed by atoms with E-state index in [-0.39, 0.29) is 18.1 Å². The quantitative estimate of drug-likeness (QED) is 0.651. The molecule has 1 fully saturated rings. The number of carbonyl (C=O) groups is 1. The highest BCUT2D eigenvalue weighted by molar-refractivity contribution is 5.78. The number of fused-ring (bicyclic) bond motifs is 1. The first-order valence-corrected chi connectivity index (χ1v) is 10.3. The third-order valence-electron chi connectivity index (χ3n) is 5.44. The average Bonchev–Trinajstić information content (AvgIpc) is 2.77. The second kappa shape index (κ2) is 8.57. The maximum absolute atomic E-state index is 13.0. The van der Waals surface area contributed by atoms with Crippen LogP contribution in [0.25, 0.3) is 11.0 Å². The Bertz CT molecular complexity index is 1120. The minimum absolute atomic E-state index is 0.0142.